The van der Waals surface area contributed by atoms with Crippen molar-refractivity contribution in [1.29, 1.82) is 0 Å². The molecule has 2 N–H and O–H groups in total. The Balaban J connectivity index is 0.000000218. The predicted octanol–water partition coefficient (Wildman–Crippen LogP) is 14.5. The van der Waals surface area contributed by atoms with E-state index in [1.54, 1.807) is 38.5 Å². The van der Waals surface area contributed by atoms with Crippen molar-refractivity contribution in [3.63, 3.8) is 0 Å². The molecule has 8 saturated carbocycles. The summed E-state index contributed by atoms with van der Waals surface area (Å²) in [5.74, 6) is 12.1. The average Bonchev–Trinajstić information content (AvgIpc) is 3.86. The minimum Gasteiger partial charge on any atom is -0.759 e. The second kappa shape index (κ2) is 25.9. The summed E-state index contributed by atoms with van der Waals surface area (Å²) in [6.45, 7) is 33.3. The van der Waals surface area contributed by atoms with Gasteiger partial charge in [-0.05, 0) is 221 Å². The SMILES string of the molecule is CCC[C@@H](C)[C@H]1CCC2C3CCC4CC(NCCC[N+](C)(C)CCC)CC[C@]4(C)C3CC[C@@]21C.CCC[C@@H](C)[C@H]1CCC2C3CCC4CC(NCCC[N+](C)(C)CCC)CC[C@]4(C)C3CC[C@@]21C.O=S(=O)([O-])[O-]. The van der Waals surface area contributed by atoms with Gasteiger partial charge in [0.1, 0.15) is 0 Å². The van der Waals surface area contributed by atoms with Gasteiger partial charge in [-0.3, -0.25) is 8.42 Å². The van der Waals surface area contributed by atoms with E-state index in [-0.39, 0.29) is 0 Å². The van der Waals surface area contributed by atoms with Crippen LogP contribution in [0.25, 0.3) is 0 Å². The number of nitrogens with zero attached hydrogens (tertiary/aromatic N) is 2. The van der Waals surface area contributed by atoms with Gasteiger partial charge in [-0.15, -0.1) is 0 Å². The maximum atomic E-state index is 8.52. The van der Waals surface area contributed by atoms with Crippen molar-refractivity contribution in [3.05, 3.63) is 0 Å². The lowest BCUT2D eigenvalue weighted by Gasteiger charge is -2.61. The summed E-state index contributed by atoms with van der Waals surface area (Å²) in [7, 11) is 4.45. The number of rotatable bonds is 20. The highest BCUT2D eigenvalue weighted by Gasteiger charge is 2.62. The maximum Gasteiger partial charge on any atom is 0.0794 e. The number of quaternary nitrogens is 2. The lowest BCUT2D eigenvalue weighted by Crippen LogP contribution is -2.55. The van der Waals surface area contributed by atoms with E-state index in [1.807, 2.05) is 0 Å². The zero-order valence-corrected chi connectivity index (χ0v) is 51.5. The topological polar surface area (TPSA) is 104 Å². The van der Waals surface area contributed by atoms with E-state index in [2.05, 4.69) is 108 Å². The molecule has 8 fully saturated rings. The van der Waals surface area contributed by atoms with Crippen LogP contribution in [0.2, 0.25) is 0 Å². The molecule has 428 valence electrons. The highest BCUT2D eigenvalue weighted by molar-refractivity contribution is 7.79. The van der Waals surface area contributed by atoms with Crippen LogP contribution in [-0.2, 0) is 10.4 Å². The number of hydrogen-bond donors (Lipinski definition) is 2. The van der Waals surface area contributed by atoms with Gasteiger partial charge in [0.15, 0.2) is 0 Å². The Bertz CT molecular complexity index is 1670. The Morgan fingerprint density at radius 1 is 0.479 bits per heavy atom. The van der Waals surface area contributed by atoms with Crippen molar-refractivity contribution in [3.8, 4) is 0 Å². The Kier molecular flexibility index (Phi) is 21.9. The molecule has 0 aliphatic heterocycles. The zero-order chi connectivity index (χ0) is 53.6. The third kappa shape index (κ3) is 14.7. The second-order valence-corrected chi connectivity index (χ2v) is 30.9. The molecule has 0 aromatic rings. The van der Waals surface area contributed by atoms with Gasteiger partial charge in [-0.1, -0.05) is 94.9 Å². The fraction of sp³-hybridized carbons (Fsp3) is 1.00. The second-order valence-electron chi connectivity index (χ2n) is 30.0. The van der Waals surface area contributed by atoms with Crippen LogP contribution >= 0.6 is 0 Å². The van der Waals surface area contributed by atoms with Gasteiger partial charge in [0, 0.05) is 48.4 Å². The third-order valence-electron chi connectivity index (χ3n) is 24.7. The highest BCUT2D eigenvalue weighted by atomic mass is 32.3. The number of nitrogens with one attached hydrogen (secondary N) is 2. The summed E-state index contributed by atoms with van der Waals surface area (Å²) in [4.78, 5) is 0. The smallest absolute Gasteiger partial charge is 0.0794 e. The highest BCUT2D eigenvalue weighted by Crippen LogP contribution is 2.70. The molecule has 0 spiro atoms. The average molecular weight is 1040 g/mol. The first-order chi connectivity index (χ1) is 34.3. The minimum atomic E-state index is -5.17. The van der Waals surface area contributed by atoms with E-state index < -0.39 is 10.4 Å². The molecule has 0 bridgehead atoms. The molecule has 8 rings (SSSR count). The molecule has 0 radical (unpaired) electrons. The van der Waals surface area contributed by atoms with E-state index in [4.69, 9.17) is 17.5 Å². The van der Waals surface area contributed by atoms with Crippen molar-refractivity contribution in [2.75, 3.05) is 67.5 Å². The van der Waals surface area contributed by atoms with E-state index in [1.165, 1.54) is 177 Å². The first kappa shape index (κ1) is 61.9. The van der Waals surface area contributed by atoms with Crippen LogP contribution in [0, 0.1) is 92.7 Å². The molecule has 73 heavy (non-hydrogen) atoms. The standard InChI is InChI=1S/2C32H61N2.H2O4S/c2*1-8-11-24(3)28-14-15-29-27-13-12-25-23-26(33-20-10-22-34(6,7)21-9-2)16-18-31(25,4)30(27)17-19-32(28,29)5;1-5(2,3)4/h2*24-30,33H,8-23H2,1-7H3;(H2,1,2,3,4)/q2*+1;/p-2/t2*24-,25?,26?,27?,28-,29?,30?,31+,32-;/m11./s1. The molecule has 0 heterocycles. The van der Waals surface area contributed by atoms with E-state index in [0.29, 0.717) is 21.7 Å². The Morgan fingerprint density at radius 2 is 0.822 bits per heavy atom. The van der Waals surface area contributed by atoms with Crippen LogP contribution in [0.5, 0.6) is 0 Å². The van der Waals surface area contributed by atoms with Gasteiger partial charge < -0.3 is 28.7 Å². The van der Waals surface area contributed by atoms with Crippen LogP contribution in [0.1, 0.15) is 236 Å². The van der Waals surface area contributed by atoms with Crippen LogP contribution in [-0.4, -0.2) is 106 Å². The van der Waals surface area contributed by atoms with Crippen molar-refractivity contribution >= 4 is 10.4 Å². The van der Waals surface area contributed by atoms with Gasteiger partial charge >= 0.3 is 0 Å². The first-order valence-corrected chi connectivity index (χ1v) is 33.4. The summed E-state index contributed by atoms with van der Waals surface area (Å²) in [5.41, 5.74) is 2.58. The molecule has 0 aromatic heterocycles. The van der Waals surface area contributed by atoms with E-state index in [9.17, 15) is 0 Å². The lowest BCUT2D eigenvalue weighted by atomic mass is 9.44. The predicted molar refractivity (Wildman–Crippen MR) is 306 cm³/mol. The van der Waals surface area contributed by atoms with Crippen molar-refractivity contribution < 1.29 is 26.5 Å². The Hall–Kier alpha value is -0.290. The van der Waals surface area contributed by atoms with Crippen molar-refractivity contribution in [1.82, 2.24) is 10.6 Å². The molecule has 0 amide bonds. The zero-order valence-electron chi connectivity index (χ0n) is 50.6. The lowest BCUT2D eigenvalue weighted by molar-refractivity contribution is -0.890. The van der Waals surface area contributed by atoms with Crippen LogP contribution in [0.4, 0.5) is 0 Å². The Morgan fingerprint density at radius 3 is 1.16 bits per heavy atom. The largest absolute Gasteiger partial charge is 0.759 e. The summed E-state index contributed by atoms with van der Waals surface area (Å²) in [6.07, 6.45) is 38.1. The van der Waals surface area contributed by atoms with E-state index in [0.717, 1.165) is 83.1 Å². The van der Waals surface area contributed by atoms with Crippen LogP contribution < -0.4 is 10.6 Å². The van der Waals surface area contributed by atoms with Crippen LogP contribution in [0.15, 0.2) is 0 Å². The van der Waals surface area contributed by atoms with Gasteiger partial charge in [0.25, 0.3) is 0 Å². The van der Waals surface area contributed by atoms with Crippen molar-refractivity contribution in [2.45, 2.75) is 248 Å². The molecule has 8 aliphatic rings. The molecule has 0 saturated heterocycles. The number of fused-ring (bicyclic) bond motifs is 10. The first-order valence-electron chi connectivity index (χ1n) is 32.1. The van der Waals surface area contributed by atoms with Gasteiger partial charge in [-0.25, -0.2) is 0 Å². The van der Waals surface area contributed by atoms with Gasteiger partial charge in [0.2, 0.25) is 0 Å². The quantitative estimate of drug-likeness (QED) is 0.0545. The van der Waals surface area contributed by atoms with Crippen molar-refractivity contribution in [2.24, 2.45) is 92.7 Å². The van der Waals surface area contributed by atoms with Gasteiger partial charge in [0.05, 0.1) is 54.4 Å². The van der Waals surface area contributed by atoms with E-state index >= 15 is 0 Å². The molecular formula is C64H122N4O4S. The summed E-state index contributed by atoms with van der Waals surface area (Å²) in [6, 6.07) is 1.58. The fourth-order valence-electron chi connectivity index (χ4n) is 21.2. The fourth-order valence-corrected chi connectivity index (χ4v) is 21.2. The Labute approximate surface area is 453 Å². The minimum absolute atomic E-state index is 0.634. The summed E-state index contributed by atoms with van der Waals surface area (Å²) in [5, 5.41) is 8.04. The molecule has 18 atom stereocenters. The molecular weight excluding hydrogens is 921 g/mol. The monoisotopic (exact) mass is 1040 g/mol. The third-order valence-corrected chi connectivity index (χ3v) is 24.7. The number of hydrogen-bond acceptors (Lipinski definition) is 6. The van der Waals surface area contributed by atoms with Crippen LogP contribution in [0.3, 0.4) is 0 Å². The summed E-state index contributed by atoms with van der Waals surface area (Å²) >= 11 is 0. The molecule has 8 aliphatic carbocycles. The maximum absolute atomic E-state index is 8.52. The molecule has 10 unspecified atom stereocenters. The van der Waals surface area contributed by atoms with Gasteiger partial charge in [-0.2, -0.15) is 0 Å². The molecule has 8 nitrogen and oxygen atoms in total. The summed E-state index contributed by atoms with van der Waals surface area (Å²) < 4.78 is 36.5. The molecule has 9 heteroatoms. The molecule has 0 aromatic carbocycles. The normalized spacial score (nSPS) is 41.0.